The monoisotopic (exact) mass is 354 g/mol. The number of rotatable bonds is 1. The molecular weight excluding hydrogens is 332 g/mol. The first kappa shape index (κ1) is 10.0. The summed E-state index contributed by atoms with van der Waals surface area (Å²) in [7, 11) is 0. The van der Waals surface area contributed by atoms with E-state index in [0.29, 0.717) is 16.8 Å². The third-order valence-corrected chi connectivity index (χ3v) is 5.17. The number of benzene rings is 3. The Morgan fingerprint density at radius 3 is 2.67 bits per heavy atom. The van der Waals surface area contributed by atoms with Crippen LogP contribution in [0.15, 0.2) is 65.3 Å². The summed E-state index contributed by atoms with van der Waals surface area (Å²) in [6.45, 7) is -5.17. The van der Waals surface area contributed by atoms with Gasteiger partial charge in [-0.25, -0.2) is 0 Å². The van der Waals surface area contributed by atoms with Crippen LogP contribution in [-0.2, 0) is 0 Å². The number of nitrogens with zero attached hydrogens (tertiary/aromatic N) is 2. The minimum atomic E-state index is -2.59. The van der Waals surface area contributed by atoms with Crippen LogP contribution in [0.2, 0.25) is 0 Å². The summed E-state index contributed by atoms with van der Waals surface area (Å²) >= 11 is 0. The van der Waals surface area contributed by atoms with Crippen molar-refractivity contribution in [2.75, 3.05) is 0 Å². The van der Waals surface area contributed by atoms with E-state index in [9.17, 15) is 0 Å². The van der Waals surface area contributed by atoms with E-state index in [4.69, 9.17) is 17.6 Å². The molecule has 0 fully saturated rings. The molecule has 0 spiro atoms. The Labute approximate surface area is 164 Å². The van der Waals surface area contributed by atoms with Gasteiger partial charge in [0.2, 0.25) is 0 Å². The zero-order chi connectivity index (χ0) is 23.1. The Morgan fingerprint density at radius 1 is 0.815 bits per heavy atom. The molecule has 0 aliphatic carbocycles. The van der Waals surface area contributed by atoms with Crippen LogP contribution in [0.1, 0.15) is 19.4 Å². The SMILES string of the molecule is [2H]C([2H])([2H])c1cnc(-c2ccc3oc4cc5ccccc5c5ncc2c3c45)cc1C([2H])([2H])[2H]. The second-order valence-corrected chi connectivity index (χ2v) is 6.69. The fourth-order valence-corrected chi connectivity index (χ4v) is 3.91. The van der Waals surface area contributed by atoms with Crippen LogP contribution in [-0.4, -0.2) is 9.97 Å². The van der Waals surface area contributed by atoms with Crippen LogP contribution < -0.4 is 0 Å². The van der Waals surface area contributed by atoms with Crippen molar-refractivity contribution in [3.8, 4) is 11.3 Å². The molecule has 0 N–H and O–H groups in total. The maximum absolute atomic E-state index is 7.87. The van der Waals surface area contributed by atoms with Crippen LogP contribution in [0.4, 0.5) is 0 Å². The van der Waals surface area contributed by atoms with Gasteiger partial charge in [0, 0.05) is 42.3 Å². The molecule has 3 nitrogen and oxygen atoms in total. The Hall–Kier alpha value is -3.46. The Balaban J connectivity index is 1.67. The molecule has 6 aromatic rings. The molecule has 3 aromatic heterocycles. The summed E-state index contributed by atoms with van der Waals surface area (Å²) in [4.78, 5) is 9.07. The van der Waals surface area contributed by atoms with E-state index >= 15 is 0 Å². The molecule has 6 rings (SSSR count). The molecule has 0 unspecified atom stereocenters. The van der Waals surface area contributed by atoms with E-state index < -0.39 is 13.7 Å². The molecule has 0 bridgehead atoms. The van der Waals surface area contributed by atoms with Gasteiger partial charge in [-0.3, -0.25) is 9.97 Å². The number of furan rings is 1. The van der Waals surface area contributed by atoms with Gasteiger partial charge in [-0.05, 0) is 54.5 Å². The third-order valence-electron chi connectivity index (χ3n) is 5.17. The average molecular weight is 354 g/mol. The van der Waals surface area contributed by atoms with Gasteiger partial charge in [0.1, 0.15) is 11.2 Å². The second kappa shape index (κ2) is 5.04. The van der Waals surface area contributed by atoms with Crippen molar-refractivity contribution in [3.63, 3.8) is 0 Å². The lowest BCUT2D eigenvalue weighted by molar-refractivity contribution is 0.670. The van der Waals surface area contributed by atoms with Crippen molar-refractivity contribution in [3.05, 3.63) is 72.1 Å². The zero-order valence-corrected chi connectivity index (χ0v) is 14.1. The van der Waals surface area contributed by atoms with Gasteiger partial charge >= 0.3 is 0 Å². The van der Waals surface area contributed by atoms with Crippen LogP contribution >= 0.6 is 0 Å². The van der Waals surface area contributed by atoms with Crippen molar-refractivity contribution in [2.24, 2.45) is 0 Å². The summed E-state index contributed by atoms with van der Waals surface area (Å²) in [5.41, 5.74) is 2.80. The lowest BCUT2D eigenvalue weighted by atomic mass is 9.97. The molecule has 0 saturated heterocycles. The van der Waals surface area contributed by atoms with E-state index in [2.05, 4.69) is 4.98 Å². The Kier molecular flexibility index (Phi) is 1.87. The number of aryl methyl sites for hydroxylation is 2. The van der Waals surface area contributed by atoms with Gasteiger partial charge < -0.3 is 4.42 Å². The first-order chi connectivity index (χ1) is 15.6. The van der Waals surface area contributed by atoms with Gasteiger partial charge in [0.05, 0.1) is 16.6 Å². The number of hydrogen-bond donors (Lipinski definition) is 0. The number of pyridine rings is 2. The van der Waals surface area contributed by atoms with E-state index in [-0.39, 0.29) is 11.1 Å². The molecular formula is C24H16N2O. The summed E-state index contributed by atoms with van der Waals surface area (Å²) in [5, 5.41) is 4.60. The van der Waals surface area contributed by atoms with Crippen molar-refractivity contribution in [1.82, 2.24) is 9.97 Å². The highest BCUT2D eigenvalue weighted by Gasteiger charge is 2.19. The molecule has 3 aromatic carbocycles. The summed E-state index contributed by atoms with van der Waals surface area (Å²) in [6, 6.07) is 15.0. The smallest absolute Gasteiger partial charge is 0.138 e. The van der Waals surface area contributed by atoms with Gasteiger partial charge in [0.25, 0.3) is 0 Å². The maximum atomic E-state index is 7.87. The largest absolute Gasteiger partial charge is 0.456 e. The number of hydrogen-bond acceptors (Lipinski definition) is 3. The second-order valence-electron chi connectivity index (χ2n) is 6.69. The molecule has 3 heterocycles. The third kappa shape index (κ3) is 1.91. The Bertz CT molecular complexity index is 1700. The molecule has 3 heteroatoms. The van der Waals surface area contributed by atoms with Gasteiger partial charge in [-0.2, -0.15) is 0 Å². The van der Waals surface area contributed by atoms with Gasteiger partial charge in [-0.1, -0.05) is 24.3 Å². The molecule has 27 heavy (non-hydrogen) atoms. The van der Waals surface area contributed by atoms with Crippen molar-refractivity contribution < 1.29 is 12.6 Å². The van der Waals surface area contributed by atoms with E-state index in [1.807, 2.05) is 36.4 Å². The fraction of sp³-hybridized carbons (Fsp3) is 0.0833. The van der Waals surface area contributed by atoms with Crippen molar-refractivity contribution >= 4 is 43.6 Å². The minimum Gasteiger partial charge on any atom is -0.456 e. The summed E-state index contributed by atoms with van der Waals surface area (Å²) in [5.74, 6) is 0. The molecule has 0 amide bonds. The lowest BCUT2D eigenvalue weighted by Gasteiger charge is -2.09. The number of aromatic nitrogens is 2. The first-order valence-electron chi connectivity index (χ1n) is 11.6. The van der Waals surface area contributed by atoms with Gasteiger partial charge in [0.15, 0.2) is 0 Å². The fourth-order valence-electron chi connectivity index (χ4n) is 3.91. The zero-order valence-electron chi connectivity index (χ0n) is 20.1. The summed E-state index contributed by atoms with van der Waals surface area (Å²) < 4.78 is 52.9. The molecule has 0 radical (unpaired) electrons. The molecule has 0 atom stereocenters. The van der Waals surface area contributed by atoms with E-state index in [0.717, 1.165) is 44.2 Å². The highest BCUT2D eigenvalue weighted by molar-refractivity contribution is 6.27. The highest BCUT2D eigenvalue weighted by Crippen LogP contribution is 2.42. The minimum absolute atomic E-state index is 0.226. The maximum Gasteiger partial charge on any atom is 0.138 e. The van der Waals surface area contributed by atoms with E-state index in [1.165, 1.54) is 6.07 Å². The van der Waals surface area contributed by atoms with Crippen LogP contribution in [0, 0.1) is 13.7 Å². The quantitative estimate of drug-likeness (QED) is 0.321. The molecule has 0 aliphatic heterocycles. The topological polar surface area (TPSA) is 38.9 Å². The van der Waals surface area contributed by atoms with E-state index in [1.54, 1.807) is 12.3 Å². The highest BCUT2D eigenvalue weighted by atomic mass is 16.3. The predicted molar refractivity (Wildman–Crippen MR) is 110 cm³/mol. The lowest BCUT2D eigenvalue weighted by Crippen LogP contribution is -1.91. The predicted octanol–water partition coefficient (Wildman–Crippen LogP) is 6.40. The molecule has 0 saturated carbocycles. The summed E-state index contributed by atoms with van der Waals surface area (Å²) in [6.07, 6.45) is 2.89. The standard InChI is InChI=1S/C24H16N2O/c1-13-9-19(25-11-14(13)2)17-7-8-20-22-18(17)12-26-24-16-6-4-3-5-15(16)10-21(27-20)23(22)24/h3-12H,1-2H3/i1D3,2D3. The first-order valence-corrected chi connectivity index (χ1v) is 8.59. The molecule has 0 aliphatic rings. The average Bonchev–Trinajstić information content (AvgIpc) is 3.14. The normalized spacial score (nSPS) is 16.3. The van der Waals surface area contributed by atoms with Crippen LogP contribution in [0.5, 0.6) is 0 Å². The van der Waals surface area contributed by atoms with Gasteiger partial charge in [-0.15, -0.1) is 0 Å². The van der Waals surface area contributed by atoms with Crippen LogP contribution in [0.25, 0.3) is 54.9 Å². The molecule has 128 valence electrons. The number of fused-ring (bicyclic) bond motifs is 2. The van der Waals surface area contributed by atoms with Crippen molar-refractivity contribution in [1.29, 1.82) is 0 Å². The van der Waals surface area contributed by atoms with Crippen molar-refractivity contribution in [2.45, 2.75) is 13.7 Å². The van der Waals surface area contributed by atoms with Crippen LogP contribution in [0.3, 0.4) is 0 Å². The Morgan fingerprint density at radius 2 is 1.74 bits per heavy atom.